The first kappa shape index (κ1) is 22.4. The molecule has 2 aromatic carbocycles. The summed E-state index contributed by atoms with van der Waals surface area (Å²) in [4.78, 5) is 36.5. The molecule has 2 amide bonds. The number of alkyl carbamates (subject to hydrolysis) is 1. The van der Waals surface area contributed by atoms with Gasteiger partial charge in [0.1, 0.15) is 12.2 Å². The molecule has 0 saturated carbocycles. The molecule has 2 aliphatic rings. The highest BCUT2D eigenvalue weighted by atomic mass is 16.5. The largest absolute Gasteiger partial charge is 0.477 e. The lowest BCUT2D eigenvalue weighted by atomic mass is 9.98. The number of aromatic carboxylic acids is 1. The molecule has 0 aliphatic heterocycles. The van der Waals surface area contributed by atoms with Crippen molar-refractivity contribution in [1.29, 1.82) is 0 Å². The van der Waals surface area contributed by atoms with Crippen LogP contribution in [-0.2, 0) is 16.6 Å². The highest BCUT2D eigenvalue weighted by Gasteiger charge is 2.30. The molecule has 0 bridgehead atoms. The maximum atomic E-state index is 12.6. The maximum Gasteiger partial charge on any atom is 0.407 e. The van der Waals surface area contributed by atoms with Gasteiger partial charge in [0, 0.05) is 30.8 Å². The number of hydrogen-bond acceptors (Lipinski definition) is 5. The zero-order chi connectivity index (χ0) is 24.5. The molecule has 5 rings (SSSR count). The molecular weight excluding hydrogens is 448 g/mol. The van der Waals surface area contributed by atoms with Crippen LogP contribution in [0, 0.1) is 0 Å². The predicted octanol–water partition coefficient (Wildman–Crippen LogP) is 3.68. The van der Waals surface area contributed by atoms with Crippen LogP contribution < -0.4 is 10.6 Å². The Morgan fingerprint density at radius 1 is 1.09 bits per heavy atom. The van der Waals surface area contributed by atoms with E-state index < -0.39 is 18.0 Å². The first-order valence-corrected chi connectivity index (χ1v) is 11.3. The van der Waals surface area contributed by atoms with Crippen LogP contribution in [0.15, 0.2) is 66.4 Å². The summed E-state index contributed by atoms with van der Waals surface area (Å²) in [5.41, 5.74) is 4.96. The predicted molar refractivity (Wildman–Crippen MR) is 128 cm³/mol. The number of amides is 2. The lowest BCUT2D eigenvalue weighted by Gasteiger charge is -2.17. The Morgan fingerprint density at radius 3 is 2.40 bits per heavy atom. The van der Waals surface area contributed by atoms with Crippen molar-refractivity contribution in [2.75, 3.05) is 11.9 Å². The molecular formula is C26H24N4O5. The molecule has 2 aliphatic carbocycles. The Balaban J connectivity index is 1.16. The van der Waals surface area contributed by atoms with Gasteiger partial charge in [-0.3, -0.25) is 9.48 Å². The lowest BCUT2D eigenvalue weighted by Crippen LogP contribution is -2.34. The van der Waals surface area contributed by atoms with Crippen molar-refractivity contribution in [3.63, 3.8) is 0 Å². The Morgan fingerprint density at radius 2 is 1.74 bits per heavy atom. The fourth-order valence-electron chi connectivity index (χ4n) is 4.74. The average molecular weight is 473 g/mol. The number of nitrogens with zero attached hydrogens (tertiary/aromatic N) is 2. The molecule has 1 unspecified atom stereocenters. The van der Waals surface area contributed by atoms with E-state index in [0.29, 0.717) is 18.4 Å². The number of carboxylic acids is 1. The SMILES string of the molecule is Cn1cc(C(=O)O)c(NC(=O)C2=CCC(NC(=O)OCC3c4ccccc4-c4ccccc43)C2)n1. The van der Waals surface area contributed by atoms with E-state index >= 15 is 0 Å². The summed E-state index contributed by atoms with van der Waals surface area (Å²) >= 11 is 0. The second-order valence-electron chi connectivity index (χ2n) is 8.66. The van der Waals surface area contributed by atoms with Gasteiger partial charge in [-0.15, -0.1) is 0 Å². The molecule has 0 fully saturated rings. The smallest absolute Gasteiger partial charge is 0.407 e. The zero-order valence-electron chi connectivity index (χ0n) is 19.0. The van der Waals surface area contributed by atoms with Gasteiger partial charge < -0.3 is 20.5 Å². The monoisotopic (exact) mass is 472 g/mol. The standard InChI is InChI=1S/C26H24N4O5/c1-30-13-21(25(32)33)23(29-30)28-24(31)15-10-11-16(12-15)27-26(34)35-14-22-19-8-4-2-6-17(19)18-7-3-5-9-20(18)22/h2-10,13,16,22H,11-12,14H2,1H3,(H,27,34)(H,32,33)(H,28,29,31). The van der Waals surface area contributed by atoms with E-state index in [2.05, 4.69) is 40.0 Å². The molecule has 0 spiro atoms. The van der Waals surface area contributed by atoms with Gasteiger partial charge in [-0.2, -0.15) is 5.10 Å². The topological polar surface area (TPSA) is 123 Å². The van der Waals surface area contributed by atoms with E-state index in [1.807, 2.05) is 24.3 Å². The number of hydrogen-bond donors (Lipinski definition) is 3. The van der Waals surface area contributed by atoms with Crippen molar-refractivity contribution >= 4 is 23.8 Å². The second kappa shape index (κ2) is 9.09. The minimum Gasteiger partial charge on any atom is -0.477 e. The number of carbonyl (C=O) groups is 3. The van der Waals surface area contributed by atoms with Crippen molar-refractivity contribution in [3.8, 4) is 11.1 Å². The van der Waals surface area contributed by atoms with Crippen LogP contribution in [0.4, 0.5) is 10.6 Å². The van der Waals surface area contributed by atoms with Crippen LogP contribution in [-0.4, -0.2) is 45.5 Å². The Labute approximate surface area is 201 Å². The van der Waals surface area contributed by atoms with E-state index in [-0.39, 0.29) is 29.9 Å². The summed E-state index contributed by atoms with van der Waals surface area (Å²) in [6.07, 6.45) is 3.30. The van der Waals surface area contributed by atoms with E-state index in [1.165, 1.54) is 10.9 Å². The van der Waals surface area contributed by atoms with Gasteiger partial charge in [-0.1, -0.05) is 54.6 Å². The number of ether oxygens (including phenoxy) is 1. The number of benzene rings is 2. The summed E-state index contributed by atoms with van der Waals surface area (Å²) in [7, 11) is 1.57. The van der Waals surface area contributed by atoms with Gasteiger partial charge in [-0.25, -0.2) is 9.59 Å². The highest BCUT2D eigenvalue weighted by Crippen LogP contribution is 2.44. The van der Waals surface area contributed by atoms with Gasteiger partial charge in [-0.05, 0) is 35.1 Å². The number of nitrogens with one attached hydrogen (secondary N) is 2. The summed E-state index contributed by atoms with van der Waals surface area (Å²) in [5.74, 6) is -1.66. The highest BCUT2D eigenvalue weighted by molar-refractivity contribution is 6.06. The minimum absolute atomic E-state index is 0.0150. The first-order chi connectivity index (χ1) is 16.9. The maximum absolute atomic E-state index is 12.6. The van der Waals surface area contributed by atoms with Crippen LogP contribution in [0.2, 0.25) is 0 Å². The third-order valence-electron chi connectivity index (χ3n) is 6.36. The molecule has 3 N–H and O–H groups in total. The first-order valence-electron chi connectivity index (χ1n) is 11.3. The Kier molecular flexibility index (Phi) is 5.82. The van der Waals surface area contributed by atoms with Crippen LogP contribution >= 0.6 is 0 Å². The molecule has 9 heteroatoms. The molecule has 0 saturated heterocycles. The Bertz CT molecular complexity index is 1310. The number of carboxylic acid groups (broad SMARTS) is 1. The van der Waals surface area contributed by atoms with Crippen molar-refractivity contribution in [3.05, 3.63) is 83.1 Å². The van der Waals surface area contributed by atoms with Gasteiger partial charge in [0.15, 0.2) is 5.82 Å². The number of rotatable bonds is 6. The molecule has 1 atom stereocenters. The summed E-state index contributed by atoms with van der Waals surface area (Å²) < 4.78 is 6.91. The van der Waals surface area contributed by atoms with Gasteiger partial charge in [0.05, 0.1) is 0 Å². The third kappa shape index (κ3) is 4.40. The summed E-state index contributed by atoms with van der Waals surface area (Å²) in [6, 6.07) is 16.0. The molecule has 1 heterocycles. The number of fused-ring (bicyclic) bond motifs is 3. The van der Waals surface area contributed by atoms with Gasteiger partial charge >= 0.3 is 12.1 Å². The van der Waals surface area contributed by atoms with E-state index in [4.69, 9.17) is 4.74 Å². The van der Waals surface area contributed by atoms with E-state index in [1.54, 1.807) is 13.1 Å². The van der Waals surface area contributed by atoms with Crippen molar-refractivity contribution in [2.24, 2.45) is 7.05 Å². The van der Waals surface area contributed by atoms with Gasteiger partial charge in [0.25, 0.3) is 5.91 Å². The fourth-order valence-corrected chi connectivity index (χ4v) is 4.74. The quantitative estimate of drug-likeness (QED) is 0.503. The van der Waals surface area contributed by atoms with Crippen LogP contribution in [0.1, 0.15) is 40.2 Å². The van der Waals surface area contributed by atoms with Crippen molar-refractivity contribution in [2.45, 2.75) is 24.8 Å². The zero-order valence-corrected chi connectivity index (χ0v) is 19.0. The van der Waals surface area contributed by atoms with Crippen molar-refractivity contribution in [1.82, 2.24) is 15.1 Å². The summed E-state index contributed by atoms with van der Waals surface area (Å²) in [5, 5.41) is 18.6. The second-order valence-corrected chi connectivity index (χ2v) is 8.66. The molecule has 0 radical (unpaired) electrons. The lowest BCUT2D eigenvalue weighted by molar-refractivity contribution is -0.113. The number of aromatic nitrogens is 2. The Hall–Kier alpha value is -4.40. The number of carbonyl (C=O) groups excluding carboxylic acids is 2. The molecule has 1 aromatic heterocycles. The minimum atomic E-state index is -1.18. The average Bonchev–Trinajstić information content (AvgIpc) is 3.54. The van der Waals surface area contributed by atoms with Gasteiger partial charge in [0.2, 0.25) is 0 Å². The van der Waals surface area contributed by atoms with E-state index in [9.17, 15) is 19.5 Å². The third-order valence-corrected chi connectivity index (χ3v) is 6.36. The summed E-state index contributed by atoms with van der Waals surface area (Å²) in [6.45, 7) is 0.213. The van der Waals surface area contributed by atoms with E-state index in [0.717, 1.165) is 22.3 Å². The van der Waals surface area contributed by atoms with Crippen LogP contribution in [0.25, 0.3) is 11.1 Å². The normalized spacial score (nSPS) is 16.3. The molecule has 35 heavy (non-hydrogen) atoms. The van der Waals surface area contributed by atoms with Crippen LogP contribution in [0.3, 0.4) is 0 Å². The molecule has 178 valence electrons. The molecule has 3 aromatic rings. The van der Waals surface area contributed by atoms with Crippen molar-refractivity contribution < 1.29 is 24.2 Å². The fraction of sp³-hybridized carbons (Fsp3) is 0.231. The number of anilines is 1. The number of aryl methyl sites for hydroxylation is 1. The molecule has 9 nitrogen and oxygen atoms in total. The van der Waals surface area contributed by atoms with Crippen LogP contribution in [0.5, 0.6) is 0 Å².